The second kappa shape index (κ2) is 5.45. The average Bonchev–Trinajstić information content (AvgIpc) is 2.72. The summed E-state index contributed by atoms with van der Waals surface area (Å²) in [6.07, 6.45) is 0. The number of halogens is 1. The highest BCUT2D eigenvalue weighted by Gasteiger charge is 2.17. The van der Waals surface area contributed by atoms with Crippen molar-refractivity contribution in [3.8, 4) is 0 Å². The molecule has 1 aromatic carbocycles. The quantitative estimate of drug-likeness (QED) is 0.795. The molecule has 2 rings (SSSR count). The van der Waals surface area contributed by atoms with Gasteiger partial charge in [-0.05, 0) is 39.0 Å². The molecule has 0 saturated heterocycles. The fourth-order valence-corrected chi connectivity index (χ4v) is 3.31. The Morgan fingerprint density at radius 2 is 1.94 bits per heavy atom. The predicted octanol–water partition coefficient (Wildman–Crippen LogP) is 5.42. The lowest BCUT2D eigenvalue weighted by Gasteiger charge is -2.23. The Balaban J connectivity index is 2.14. The van der Waals surface area contributed by atoms with Gasteiger partial charge in [-0.3, -0.25) is 0 Å². The average molecular weight is 324 g/mol. The lowest BCUT2D eigenvalue weighted by molar-refractivity contribution is 0.591. The van der Waals surface area contributed by atoms with Crippen LogP contribution in [0.5, 0.6) is 0 Å². The number of thiophene rings is 1. The van der Waals surface area contributed by atoms with Gasteiger partial charge in [0.05, 0.1) is 0 Å². The fraction of sp³-hybridized carbons (Fsp3) is 0.333. The summed E-state index contributed by atoms with van der Waals surface area (Å²) in [6.45, 7) is 7.61. The normalized spacial score (nSPS) is 11.6. The van der Waals surface area contributed by atoms with Gasteiger partial charge in [0.2, 0.25) is 0 Å². The summed E-state index contributed by atoms with van der Waals surface area (Å²) >= 11 is 5.26. The molecular weight excluding hydrogens is 306 g/mol. The SMILES string of the molecule is CC(C)(C)c1ccccc1NCc1cc(Br)cs1. The summed E-state index contributed by atoms with van der Waals surface area (Å²) < 4.78 is 1.16. The molecule has 1 N–H and O–H groups in total. The van der Waals surface area contributed by atoms with Gasteiger partial charge in [-0.1, -0.05) is 39.0 Å². The van der Waals surface area contributed by atoms with Crippen molar-refractivity contribution in [1.29, 1.82) is 0 Å². The Morgan fingerprint density at radius 1 is 1.22 bits per heavy atom. The number of nitrogens with one attached hydrogen (secondary N) is 1. The first kappa shape index (κ1) is 13.6. The molecule has 1 heterocycles. The highest BCUT2D eigenvalue weighted by Crippen LogP contribution is 2.30. The van der Waals surface area contributed by atoms with Crippen molar-refractivity contribution in [2.75, 3.05) is 5.32 Å². The second-order valence-electron chi connectivity index (χ2n) is 5.38. The molecule has 0 spiro atoms. The van der Waals surface area contributed by atoms with E-state index in [1.807, 2.05) is 0 Å². The molecule has 0 unspecified atom stereocenters. The first-order valence-electron chi connectivity index (χ1n) is 6.03. The van der Waals surface area contributed by atoms with Crippen LogP contribution in [0.3, 0.4) is 0 Å². The Hall–Kier alpha value is -0.800. The summed E-state index contributed by atoms with van der Waals surface area (Å²) in [6, 6.07) is 10.7. The molecule has 0 saturated carbocycles. The monoisotopic (exact) mass is 323 g/mol. The summed E-state index contributed by atoms with van der Waals surface area (Å²) in [7, 11) is 0. The molecule has 1 aromatic heterocycles. The van der Waals surface area contributed by atoms with Gasteiger partial charge in [-0.25, -0.2) is 0 Å². The van der Waals surface area contributed by atoms with Crippen LogP contribution in [-0.4, -0.2) is 0 Å². The second-order valence-corrected chi connectivity index (χ2v) is 7.29. The van der Waals surface area contributed by atoms with Crippen LogP contribution >= 0.6 is 27.3 Å². The largest absolute Gasteiger partial charge is 0.380 e. The fourth-order valence-electron chi connectivity index (χ4n) is 1.92. The molecule has 0 aliphatic carbocycles. The van der Waals surface area contributed by atoms with E-state index in [1.54, 1.807) is 11.3 Å². The van der Waals surface area contributed by atoms with E-state index in [2.05, 4.69) is 77.7 Å². The number of hydrogen-bond donors (Lipinski definition) is 1. The zero-order valence-corrected chi connectivity index (χ0v) is 13.4. The van der Waals surface area contributed by atoms with Gasteiger partial charge in [-0.15, -0.1) is 11.3 Å². The van der Waals surface area contributed by atoms with Gasteiger partial charge in [0.1, 0.15) is 0 Å². The Bertz CT molecular complexity index is 525. The van der Waals surface area contributed by atoms with Crippen molar-refractivity contribution in [1.82, 2.24) is 0 Å². The molecule has 1 nitrogen and oxygen atoms in total. The van der Waals surface area contributed by atoms with Gasteiger partial charge in [-0.2, -0.15) is 0 Å². The van der Waals surface area contributed by atoms with Crippen molar-refractivity contribution in [3.05, 3.63) is 50.6 Å². The molecule has 0 aliphatic rings. The number of hydrogen-bond acceptors (Lipinski definition) is 2. The maximum Gasteiger partial charge on any atom is 0.0494 e. The van der Waals surface area contributed by atoms with Crippen molar-refractivity contribution < 1.29 is 0 Å². The van der Waals surface area contributed by atoms with E-state index in [9.17, 15) is 0 Å². The minimum absolute atomic E-state index is 0.166. The number of benzene rings is 1. The minimum Gasteiger partial charge on any atom is -0.380 e. The first-order chi connectivity index (χ1) is 8.47. The third-order valence-electron chi connectivity index (χ3n) is 2.81. The van der Waals surface area contributed by atoms with Crippen LogP contribution in [0.2, 0.25) is 0 Å². The smallest absolute Gasteiger partial charge is 0.0494 e. The lowest BCUT2D eigenvalue weighted by atomic mass is 9.86. The van der Waals surface area contributed by atoms with E-state index in [0.717, 1.165) is 11.0 Å². The molecule has 0 bridgehead atoms. The van der Waals surface area contributed by atoms with Crippen LogP contribution in [0.1, 0.15) is 31.2 Å². The Morgan fingerprint density at radius 3 is 2.56 bits per heavy atom. The number of rotatable bonds is 3. The minimum atomic E-state index is 0.166. The summed E-state index contributed by atoms with van der Waals surface area (Å²) in [5, 5.41) is 5.66. The highest BCUT2D eigenvalue weighted by atomic mass is 79.9. The van der Waals surface area contributed by atoms with Crippen molar-refractivity contribution >= 4 is 33.0 Å². The molecule has 3 heteroatoms. The summed E-state index contributed by atoms with van der Waals surface area (Å²) in [5.41, 5.74) is 2.76. The molecule has 0 radical (unpaired) electrons. The zero-order valence-electron chi connectivity index (χ0n) is 11.0. The van der Waals surface area contributed by atoms with E-state index in [0.29, 0.717) is 0 Å². The topological polar surface area (TPSA) is 12.0 Å². The molecule has 0 fully saturated rings. The van der Waals surface area contributed by atoms with Crippen LogP contribution in [-0.2, 0) is 12.0 Å². The predicted molar refractivity (Wildman–Crippen MR) is 84.5 cm³/mol. The van der Waals surface area contributed by atoms with Gasteiger partial charge >= 0.3 is 0 Å². The van der Waals surface area contributed by atoms with Crippen molar-refractivity contribution in [2.45, 2.75) is 32.7 Å². The molecule has 2 aromatic rings. The summed E-state index contributed by atoms with van der Waals surface area (Å²) in [5.74, 6) is 0. The van der Waals surface area contributed by atoms with Gasteiger partial charge < -0.3 is 5.32 Å². The molecule has 18 heavy (non-hydrogen) atoms. The third kappa shape index (κ3) is 3.36. The van der Waals surface area contributed by atoms with Crippen LogP contribution in [0.15, 0.2) is 40.2 Å². The molecule has 0 atom stereocenters. The van der Waals surface area contributed by atoms with Crippen LogP contribution in [0.4, 0.5) is 5.69 Å². The maximum absolute atomic E-state index is 3.54. The van der Waals surface area contributed by atoms with E-state index >= 15 is 0 Å². The van der Waals surface area contributed by atoms with Gasteiger partial charge in [0.15, 0.2) is 0 Å². The summed E-state index contributed by atoms with van der Waals surface area (Å²) in [4.78, 5) is 1.34. The molecule has 0 aliphatic heterocycles. The molecule has 96 valence electrons. The van der Waals surface area contributed by atoms with E-state index in [1.165, 1.54) is 16.1 Å². The number of para-hydroxylation sites is 1. The third-order valence-corrected chi connectivity index (χ3v) is 4.51. The van der Waals surface area contributed by atoms with Crippen LogP contribution < -0.4 is 5.32 Å². The highest BCUT2D eigenvalue weighted by molar-refractivity contribution is 9.10. The van der Waals surface area contributed by atoms with E-state index in [4.69, 9.17) is 0 Å². The first-order valence-corrected chi connectivity index (χ1v) is 7.70. The Kier molecular flexibility index (Phi) is 4.13. The van der Waals surface area contributed by atoms with Crippen molar-refractivity contribution in [2.24, 2.45) is 0 Å². The van der Waals surface area contributed by atoms with E-state index < -0.39 is 0 Å². The van der Waals surface area contributed by atoms with Crippen LogP contribution in [0.25, 0.3) is 0 Å². The molecular formula is C15H18BrNS. The van der Waals surface area contributed by atoms with E-state index in [-0.39, 0.29) is 5.41 Å². The number of anilines is 1. The maximum atomic E-state index is 3.54. The van der Waals surface area contributed by atoms with Crippen LogP contribution in [0, 0.1) is 0 Å². The zero-order chi connectivity index (χ0) is 13.2. The van der Waals surface area contributed by atoms with Crippen molar-refractivity contribution in [3.63, 3.8) is 0 Å². The van der Waals surface area contributed by atoms with Gasteiger partial charge in [0.25, 0.3) is 0 Å². The lowest BCUT2D eigenvalue weighted by Crippen LogP contribution is -2.14. The standard InChI is InChI=1S/C15H18BrNS/c1-15(2,3)13-6-4-5-7-14(13)17-9-12-8-11(16)10-18-12/h4-8,10,17H,9H2,1-3H3. The van der Waals surface area contributed by atoms with Gasteiger partial charge in [0, 0.05) is 27.0 Å². The molecule has 0 amide bonds. The Labute approximate surface area is 121 Å².